The van der Waals surface area contributed by atoms with Crippen LogP contribution in [0.2, 0.25) is 0 Å². The van der Waals surface area contributed by atoms with E-state index in [0.29, 0.717) is 0 Å². The molecule has 0 aliphatic heterocycles. The first-order valence-electron chi connectivity index (χ1n) is 19.7. The summed E-state index contributed by atoms with van der Waals surface area (Å²) >= 11 is 0. The molecule has 0 radical (unpaired) electrons. The van der Waals surface area contributed by atoms with Crippen molar-refractivity contribution in [1.29, 1.82) is 0 Å². The van der Waals surface area contributed by atoms with E-state index in [-0.39, 0.29) is 10.8 Å². The summed E-state index contributed by atoms with van der Waals surface area (Å²) in [6.07, 6.45) is 2.18. The van der Waals surface area contributed by atoms with E-state index in [2.05, 4.69) is 207 Å². The molecule has 3 aliphatic carbocycles. The van der Waals surface area contributed by atoms with Gasteiger partial charge < -0.3 is 4.90 Å². The van der Waals surface area contributed by atoms with Gasteiger partial charge in [-0.25, -0.2) is 0 Å². The highest BCUT2D eigenvalue weighted by Gasteiger charge is 2.48. The van der Waals surface area contributed by atoms with E-state index in [1.807, 2.05) is 0 Å². The second-order valence-electron chi connectivity index (χ2n) is 16.0. The summed E-state index contributed by atoms with van der Waals surface area (Å²) < 4.78 is 0. The SMILES string of the molecule is CC1(C)c2ccccc2-c2cccc(-c3ccccc3-c3ccc(N(c4ccccc4)c4ccc5c(c4)C4(CCc6ccccc64)c4ccccc4-5)cc3)c21. The average molecular weight is 704 g/mol. The Hall–Kier alpha value is -6.44. The molecular formula is C54H41N. The predicted molar refractivity (Wildman–Crippen MR) is 230 cm³/mol. The van der Waals surface area contributed by atoms with Gasteiger partial charge in [0.1, 0.15) is 0 Å². The lowest BCUT2D eigenvalue weighted by Crippen LogP contribution is -2.24. The first kappa shape index (κ1) is 32.0. The molecule has 8 aromatic rings. The van der Waals surface area contributed by atoms with Crippen LogP contribution in [0.15, 0.2) is 188 Å². The largest absolute Gasteiger partial charge is 0.310 e. The second-order valence-corrected chi connectivity index (χ2v) is 16.0. The number of nitrogens with zero attached hydrogens (tertiary/aromatic N) is 1. The second kappa shape index (κ2) is 12.0. The molecule has 0 saturated heterocycles. The molecule has 0 aromatic heterocycles. The zero-order valence-electron chi connectivity index (χ0n) is 31.3. The van der Waals surface area contributed by atoms with Crippen molar-refractivity contribution >= 4 is 17.1 Å². The fourth-order valence-corrected chi connectivity index (χ4v) is 10.5. The number of anilines is 3. The Bertz CT molecular complexity index is 2790. The van der Waals surface area contributed by atoms with Gasteiger partial charge in [-0.05, 0) is 127 Å². The van der Waals surface area contributed by atoms with Crippen LogP contribution in [0.1, 0.15) is 53.6 Å². The van der Waals surface area contributed by atoms with Crippen LogP contribution in [0.25, 0.3) is 44.5 Å². The highest BCUT2D eigenvalue weighted by atomic mass is 15.1. The fraction of sp³-hybridized carbons (Fsp3) is 0.111. The summed E-state index contributed by atoms with van der Waals surface area (Å²) in [5.41, 5.74) is 22.3. The zero-order valence-corrected chi connectivity index (χ0v) is 31.3. The summed E-state index contributed by atoms with van der Waals surface area (Å²) in [5.74, 6) is 0. The summed E-state index contributed by atoms with van der Waals surface area (Å²) in [6, 6.07) is 70.2. The Labute approximate surface area is 324 Å². The summed E-state index contributed by atoms with van der Waals surface area (Å²) in [4.78, 5) is 2.43. The van der Waals surface area contributed by atoms with Gasteiger partial charge in [-0.15, -0.1) is 0 Å². The van der Waals surface area contributed by atoms with Crippen LogP contribution >= 0.6 is 0 Å². The number of hydrogen-bond acceptors (Lipinski definition) is 1. The Morgan fingerprint density at radius 1 is 0.382 bits per heavy atom. The molecule has 0 bridgehead atoms. The third kappa shape index (κ3) is 4.60. The van der Waals surface area contributed by atoms with Crippen molar-refractivity contribution in [3.63, 3.8) is 0 Å². The van der Waals surface area contributed by atoms with Crippen LogP contribution in [-0.2, 0) is 17.3 Å². The van der Waals surface area contributed by atoms with Gasteiger partial charge in [0.2, 0.25) is 0 Å². The van der Waals surface area contributed by atoms with E-state index < -0.39 is 0 Å². The standard InChI is InChI=1S/C54H41N/c1-53(2)49-25-12-9-21-44(49)47-23-14-22-46(52(47)53)42-19-8-7-18-41(42)36-27-29-39(30-28-36)55(38-16-4-3-5-17-38)40-31-32-45-43-20-10-13-26-50(43)54(51(45)35-40)34-33-37-15-6-11-24-48(37)54/h3-32,35H,33-34H2,1-2H3. The van der Waals surface area contributed by atoms with Crippen molar-refractivity contribution in [3.8, 4) is 44.5 Å². The lowest BCUT2D eigenvalue weighted by atomic mass is 9.73. The van der Waals surface area contributed by atoms with Gasteiger partial charge in [0.25, 0.3) is 0 Å². The van der Waals surface area contributed by atoms with Crippen LogP contribution in [-0.4, -0.2) is 0 Å². The van der Waals surface area contributed by atoms with E-state index in [1.165, 1.54) is 83.6 Å². The minimum Gasteiger partial charge on any atom is -0.310 e. The Kier molecular flexibility index (Phi) is 7.01. The smallest absolute Gasteiger partial charge is 0.0470 e. The molecule has 11 rings (SSSR count). The third-order valence-corrected chi connectivity index (χ3v) is 12.9. The Morgan fingerprint density at radius 3 is 1.67 bits per heavy atom. The molecule has 1 spiro atoms. The van der Waals surface area contributed by atoms with Gasteiger partial charge in [0, 0.05) is 27.9 Å². The van der Waals surface area contributed by atoms with E-state index in [4.69, 9.17) is 0 Å². The molecular weight excluding hydrogens is 663 g/mol. The number of fused-ring (bicyclic) bond motifs is 10. The van der Waals surface area contributed by atoms with Gasteiger partial charge in [0.05, 0.1) is 0 Å². The Morgan fingerprint density at radius 2 is 0.909 bits per heavy atom. The van der Waals surface area contributed by atoms with Gasteiger partial charge in [-0.1, -0.05) is 166 Å². The summed E-state index contributed by atoms with van der Waals surface area (Å²) in [6.45, 7) is 4.75. The maximum absolute atomic E-state index is 2.49. The minimum atomic E-state index is -0.137. The van der Waals surface area contributed by atoms with Crippen molar-refractivity contribution in [3.05, 3.63) is 221 Å². The monoisotopic (exact) mass is 703 g/mol. The molecule has 1 unspecified atom stereocenters. The van der Waals surface area contributed by atoms with Gasteiger partial charge in [-0.2, -0.15) is 0 Å². The van der Waals surface area contributed by atoms with Gasteiger partial charge >= 0.3 is 0 Å². The minimum absolute atomic E-state index is 0.0912. The molecule has 1 nitrogen and oxygen atoms in total. The van der Waals surface area contributed by atoms with Crippen molar-refractivity contribution in [2.45, 2.75) is 37.5 Å². The highest BCUT2D eigenvalue weighted by Crippen LogP contribution is 2.59. The van der Waals surface area contributed by atoms with Gasteiger partial charge in [0.15, 0.2) is 0 Å². The quantitative estimate of drug-likeness (QED) is 0.172. The first-order valence-corrected chi connectivity index (χ1v) is 19.7. The van der Waals surface area contributed by atoms with E-state index in [0.717, 1.165) is 24.2 Å². The lowest BCUT2D eigenvalue weighted by molar-refractivity contribution is 0.626. The molecule has 0 saturated carbocycles. The van der Waals surface area contributed by atoms with Crippen LogP contribution in [0.4, 0.5) is 17.1 Å². The van der Waals surface area contributed by atoms with E-state index in [9.17, 15) is 0 Å². The lowest BCUT2D eigenvalue weighted by Gasteiger charge is -2.31. The zero-order chi connectivity index (χ0) is 36.7. The normalized spacial score (nSPS) is 16.6. The van der Waals surface area contributed by atoms with Crippen molar-refractivity contribution in [2.75, 3.05) is 4.90 Å². The summed E-state index contributed by atoms with van der Waals surface area (Å²) in [5, 5.41) is 0. The molecule has 0 N–H and O–H groups in total. The predicted octanol–water partition coefficient (Wildman–Crippen LogP) is 14.1. The molecule has 0 fully saturated rings. The van der Waals surface area contributed by atoms with Crippen LogP contribution in [0.3, 0.4) is 0 Å². The van der Waals surface area contributed by atoms with Crippen molar-refractivity contribution in [2.24, 2.45) is 0 Å². The molecule has 1 atom stereocenters. The van der Waals surface area contributed by atoms with Crippen LogP contribution in [0, 0.1) is 0 Å². The molecule has 55 heavy (non-hydrogen) atoms. The highest BCUT2D eigenvalue weighted by molar-refractivity contribution is 5.94. The molecule has 8 aromatic carbocycles. The average Bonchev–Trinajstić information content (AvgIpc) is 3.85. The summed E-state index contributed by atoms with van der Waals surface area (Å²) in [7, 11) is 0. The number of aryl methyl sites for hydroxylation is 1. The molecule has 0 heterocycles. The van der Waals surface area contributed by atoms with E-state index >= 15 is 0 Å². The number of para-hydroxylation sites is 1. The third-order valence-electron chi connectivity index (χ3n) is 12.9. The topological polar surface area (TPSA) is 3.24 Å². The first-order chi connectivity index (χ1) is 27.0. The molecule has 1 heteroatoms. The molecule has 3 aliphatic rings. The van der Waals surface area contributed by atoms with Gasteiger partial charge in [-0.3, -0.25) is 0 Å². The maximum atomic E-state index is 2.49. The van der Waals surface area contributed by atoms with Crippen molar-refractivity contribution < 1.29 is 0 Å². The maximum Gasteiger partial charge on any atom is 0.0470 e. The van der Waals surface area contributed by atoms with Crippen LogP contribution < -0.4 is 4.90 Å². The fourth-order valence-electron chi connectivity index (χ4n) is 10.5. The number of rotatable bonds is 5. The van der Waals surface area contributed by atoms with Crippen LogP contribution in [0.5, 0.6) is 0 Å². The Balaban J connectivity index is 1.03. The van der Waals surface area contributed by atoms with Crippen molar-refractivity contribution in [1.82, 2.24) is 0 Å². The van der Waals surface area contributed by atoms with E-state index in [1.54, 1.807) is 0 Å². The molecule has 0 amide bonds. The number of benzene rings is 8. The molecule has 262 valence electrons. The number of hydrogen-bond donors (Lipinski definition) is 0.